The quantitative estimate of drug-likeness (QED) is 0.709. The maximum absolute atomic E-state index is 11.7. The molecule has 14 heavy (non-hydrogen) atoms. The first-order valence-electron chi connectivity index (χ1n) is 4.26. The average molecular weight is 214 g/mol. The summed E-state index contributed by atoms with van der Waals surface area (Å²) in [7, 11) is 1.72. The number of halogens is 1. The summed E-state index contributed by atoms with van der Waals surface area (Å²) in [5.74, 6) is 0.328. The van der Waals surface area contributed by atoms with Crippen LogP contribution in [0.15, 0.2) is 18.5 Å². The highest BCUT2D eigenvalue weighted by Crippen LogP contribution is 2.05. The summed E-state index contributed by atoms with van der Waals surface area (Å²) in [5.41, 5.74) is 0.527. The van der Waals surface area contributed by atoms with E-state index in [9.17, 15) is 4.79 Å². The zero-order valence-electron chi connectivity index (χ0n) is 8.14. The normalized spacial score (nSPS) is 12.2. The van der Waals surface area contributed by atoms with Crippen LogP contribution in [0.25, 0.3) is 0 Å². The first-order valence-corrected chi connectivity index (χ1v) is 4.80. The molecule has 1 unspecified atom stereocenters. The highest BCUT2D eigenvalue weighted by atomic mass is 35.5. The lowest BCUT2D eigenvalue weighted by Crippen LogP contribution is -2.36. The fourth-order valence-electron chi connectivity index (χ4n) is 0.925. The van der Waals surface area contributed by atoms with Crippen LogP contribution in [0, 0.1) is 0 Å². The van der Waals surface area contributed by atoms with Crippen molar-refractivity contribution in [2.45, 2.75) is 13.0 Å². The van der Waals surface area contributed by atoms with Crippen LogP contribution in [0.2, 0.25) is 0 Å². The molecule has 0 bridgehead atoms. The topological polar surface area (TPSA) is 46.1 Å². The number of aromatic nitrogens is 2. The summed E-state index contributed by atoms with van der Waals surface area (Å²) in [6.45, 7) is 1.89. The Morgan fingerprint density at radius 3 is 2.86 bits per heavy atom. The first-order chi connectivity index (χ1) is 6.66. The summed E-state index contributed by atoms with van der Waals surface area (Å²) >= 11 is 5.66. The Labute approximate surface area is 87.9 Å². The Hall–Kier alpha value is -1.16. The Morgan fingerprint density at radius 1 is 1.64 bits per heavy atom. The number of nitrogens with zero attached hydrogens (tertiary/aromatic N) is 3. The molecule has 0 aliphatic rings. The second kappa shape index (κ2) is 4.91. The first kappa shape index (κ1) is 10.9. The highest BCUT2D eigenvalue weighted by Gasteiger charge is 2.16. The SMILES string of the molecule is CC(CCl)N(C)C(=O)c1ccnnc1. The zero-order chi connectivity index (χ0) is 10.6. The van der Waals surface area contributed by atoms with Gasteiger partial charge in [0.15, 0.2) is 0 Å². The van der Waals surface area contributed by atoms with Crippen molar-refractivity contribution in [3.63, 3.8) is 0 Å². The molecule has 1 rings (SSSR count). The number of hydrogen-bond acceptors (Lipinski definition) is 3. The molecule has 0 fully saturated rings. The van der Waals surface area contributed by atoms with E-state index in [0.29, 0.717) is 11.4 Å². The Kier molecular flexibility index (Phi) is 3.83. The number of carbonyl (C=O) groups excluding carboxylic acids is 1. The third kappa shape index (κ3) is 2.42. The van der Waals surface area contributed by atoms with Gasteiger partial charge in [-0.25, -0.2) is 0 Å². The lowest BCUT2D eigenvalue weighted by molar-refractivity contribution is 0.0756. The van der Waals surface area contributed by atoms with Gasteiger partial charge in [-0.2, -0.15) is 10.2 Å². The number of alkyl halides is 1. The van der Waals surface area contributed by atoms with Crippen molar-refractivity contribution in [3.8, 4) is 0 Å². The molecule has 1 heterocycles. The van der Waals surface area contributed by atoms with E-state index in [1.807, 2.05) is 6.92 Å². The molecule has 76 valence electrons. The van der Waals surface area contributed by atoms with Gasteiger partial charge in [-0.1, -0.05) is 0 Å². The predicted octanol–water partition coefficient (Wildman–Crippen LogP) is 1.18. The van der Waals surface area contributed by atoms with E-state index in [2.05, 4.69) is 10.2 Å². The van der Waals surface area contributed by atoms with E-state index in [-0.39, 0.29) is 11.9 Å². The highest BCUT2D eigenvalue weighted by molar-refractivity contribution is 6.18. The van der Waals surface area contributed by atoms with Crippen molar-refractivity contribution in [2.24, 2.45) is 0 Å². The van der Waals surface area contributed by atoms with Crippen LogP contribution < -0.4 is 0 Å². The lowest BCUT2D eigenvalue weighted by Gasteiger charge is -2.22. The molecule has 0 aromatic carbocycles. The van der Waals surface area contributed by atoms with Crippen LogP contribution in [0.3, 0.4) is 0 Å². The molecule has 0 saturated heterocycles. The molecule has 0 N–H and O–H groups in total. The van der Waals surface area contributed by atoms with E-state index < -0.39 is 0 Å². The van der Waals surface area contributed by atoms with Crippen molar-refractivity contribution < 1.29 is 4.79 Å². The van der Waals surface area contributed by atoms with Gasteiger partial charge in [0.2, 0.25) is 0 Å². The van der Waals surface area contributed by atoms with E-state index in [0.717, 1.165) is 0 Å². The molecule has 1 aromatic heterocycles. The molecule has 1 amide bonds. The van der Waals surface area contributed by atoms with Crippen LogP contribution >= 0.6 is 11.6 Å². The van der Waals surface area contributed by atoms with Crippen LogP contribution in [0.4, 0.5) is 0 Å². The molecule has 0 spiro atoms. The van der Waals surface area contributed by atoms with Gasteiger partial charge in [-0.15, -0.1) is 11.6 Å². The van der Waals surface area contributed by atoms with Crippen LogP contribution in [-0.2, 0) is 0 Å². The van der Waals surface area contributed by atoms with Gasteiger partial charge in [0.25, 0.3) is 5.91 Å². The fourth-order valence-corrected chi connectivity index (χ4v) is 1.13. The van der Waals surface area contributed by atoms with E-state index in [1.54, 1.807) is 18.0 Å². The third-order valence-corrected chi connectivity index (χ3v) is 2.48. The van der Waals surface area contributed by atoms with Crippen LogP contribution in [0.5, 0.6) is 0 Å². The summed E-state index contributed by atoms with van der Waals surface area (Å²) in [4.78, 5) is 13.3. The van der Waals surface area contributed by atoms with Gasteiger partial charge in [0.05, 0.1) is 18.0 Å². The van der Waals surface area contributed by atoms with Crippen molar-refractivity contribution in [1.82, 2.24) is 15.1 Å². The molecule has 0 aliphatic carbocycles. The monoisotopic (exact) mass is 213 g/mol. The molecule has 0 saturated carbocycles. The summed E-state index contributed by atoms with van der Waals surface area (Å²) in [6.07, 6.45) is 2.94. The van der Waals surface area contributed by atoms with Gasteiger partial charge >= 0.3 is 0 Å². The predicted molar refractivity (Wildman–Crippen MR) is 54.3 cm³/mol. The average Bonchev–Trinajstić information content (AvgIpc) is 2.27. The smallest absolute Gasteiger partial charge is 0.255 e. The molecule has 5 heteroatoms. The standard InChI is InChI=1S/C9H12ClN3O/c1-7(5-10)13(2)9(14)8-3-4-11-12-6-8/h3-4,6-7H,5H2,1-2H3. The van der Waals surface area contributed by atoms with Gasteiger partial charge in [0.1, 0.15) is 0 Å². The minimum atomic E-state index is -0.0898. The number of rotatable bonds is 3. The molecule has 1 atom stereocenters. The van der Waals surface area contributed by atoms with E-state index >= 15 is 0 Å². The number of amides is 1. The zero-order valence-corrected chi connectivity index (χ0v) is 8.90. The maximum atomic E-state index is 11.7. The van der Waals surface area contributed by atoms with E-state index in [4.69, 9.17) is 11.6 Å². The number of carbonyl (C=O) groups is 1. The Morgan fingerprint density at radius 2 is 2.36 bits per heavy atom. The van der Waals surface area contributed by atoms with Crippen molar-refractivity contribution >= 4 is 17.5 Å². The summed E-state index contributed by atoms with van der Waals surface area (Å²) in [5, 5.41) is 7.25. The minimum Gasteiger partial charge on any atom is -0.338 e. The third-order valence-electron chi connectivity index (χ3n) is 2.04. The van der Waals surface area contributed by atoms with Gasteiger partial charge < -0.3 is 4.90 Å². The molecule has 0 radical (unpaired) electrons. The van der Waals surface area contributed by atoms with Crippen LogP contribution in [-0.4, -0.2) is 40.0 Å². The van der Waals surface area contributed by atoms with Gasteiger partial charge in [-0.05, 0) is 13.0 Å². The molecular formula is C9H12ClN3O. The number of hydrogen-bond donors (Lipinski definition) is 0. The Balaban J connectivity index is 2.76. The largest absolute Gasteiger partial charge is 0.338 e. The molecule has 0 aliphatic heterocycles. The van der Waals surface area contributed by atoms with Crippen molar-refractivity contribution in [1.29, 1.82) is 0 Å². The van der Waals surface area contributed by atoms with Crippen molar-refractivity contribution in [2.75, 3.05) is 12.9 Å². The second-order valence-corrected chi connectivity index (χ2v) is 3.36. The lowest BCUT2D eigenvalue weighted by atomic mass is 10.2. The second-order valence-electron chi connectivity index (χ2n) is 3.05. The van der Waals surface area contributed by atoms with E-state index in [1.165, 1.54) is 12.4 Å². The molecular weight excluding hydrogens is 202 g/mol. The minimum absolute atomic E-state index is 0.0114. The molecule has 1 aromatic rings. The van der Waals surface area contributed by atoms with Gasteiger partial charge in [-0.3, -0.25) is 4.79 Å². The van der Waals surface area contributed by atoms with Gasteiger partial charge in [0, 0.05) is 19.0 Å². The van der Waals surface area contributed by atoms with Crippen LogP contribution in [0.1, 0.15) is 17.3 Å². The van der Waals surface area contributed by atoms with Crippen molar-refractivity contribution in [3.05, 3.63) is 24.0 Å². The summed E-state index contributed by atoms with van der Waals surface area (Å²) in [6, 6.07) is 1.64. The maximum Gasteiger partial charge on any atom is 0.255 e. The summed E-state index contributed by atoms with van der Waals surface area (Å²) < 4.78 is 0. The fraction of sp³-hybridized carbons (Fsp3) is 0.444. The Bertz CT molecular complexity index is 304. The molecule has 4 nitrogen and oxygen atoms in total.